The second-order valence-corrected chi connectivity index (χ2v) is 8.07. The van der Waals surface area contributed by atoms with Gasteiger partial charge in [-0.15, -0.1) is 0 Å². The van der Waals surface area contributed by atoms with E-state index in [1.54, 1.807) is 19.1 Å². The number of carbonyl (C=O) groups is 4. The highest BCUT2D eigenvalue weighted by molar-refractivity contribution is 6.07. The number of benzene rings is 1. The van der Waals surface area contributed by atoms with Crippen molar-refractivity contribution in [3.05, 3.63) is 35.4 Å². The summed E-state index contributed by atoms with van der Waals surface area (Å²) >= 11 is 0. The summed E-state index contributed by atoms with van der Waals surface area (Å²) in [5.74, 6) is -2.06. The first kappa shape index (κ1) is 20.4. The molecule has 1 heterocycles. The molecular formula is C19H25N3O5. The van der Waals surface area contributed by atoms with E-state index in [0.717, 1.165) is 0 Å². The van der Waals surface area contributed by atoms with Gasteiger partial charge in [0.1, 0.15) is 11.6 Å². The lowest BCUT2D eigenvalue weighted by Crippen LogP contribution is -2.42. The van der Waals surface area contributed by atoms with Crippen molar-refractivity contribution in [1.29, 1.82) is 0 Å². The third-order valence-corrected chi connectivity index (χ3v) is 4.56. The molecule has 0 radical (unpaired) electrons. The fourth-order valence-corrected chi connectivity index (χ4v) is 2.78. The molecule has 1 fully saturated rings. The van der Waals surface area contributed by atoms with E-state index in [1.165, 1.54) is 12.1 Å². The quantitative estimate of drug-likeness (QED) is 0.564. The molecule has 0 bridgehead atoms. The number of nitrogens with one attached hydrogen (secondary N) is 3. The molecule has 1 aromatic rings. The number of carboxylic acids is 1. The first-order valence-electron chi connectivity index (χ1n) is 8.70. The van der Waals surface area contributed by atoms with Crippen LogP contribution in [0.4, 0.5) is 4.79 Å². The van der Waals surface area contributed by atoms with Crippen molar-refractivity contribution < 1.29 is 24.3 Å². The number of aliphatic carboxylic acids is 1. The average molecular weight is 375 g/mol. The summed E-state index contributed by atoms with van der Waals surface area (Å²) in [7, 11) is 0. The molecule has 8 nitrogen and oxygen atoms in total. The topological polar surface area (TPSA) is 125 Å². The standard InChI is InChI=1S/C19H25N3O5/c1-18(2,3)10-9-13(15(24)25)20-14(23)11-5-7-12(8-6-11)19(4)16(26)21-17(27)22-19/h5-8,13H,9-10H2,1-4H3,(H,20,23)(H,24,25)(H2,21,22,26,27). The van der Waals surface area contributed by atoms with E-state index in [9.17, 15) is 24.3 Å². The van der Waals surface area contributed by atoms with Crippen molar-refractivity contribution in [2.45, 2.75) is 52.1 Å². The fraction of sp³-hybridized carbons (Fsp3) is 0.474. The largest absolute Gasteiger partial charge is 0.480 e. The third kappa shape index (κ3) is 4.84. The fourth-order valence-electron chi connectivity index (χ4n) is 2.78. The first-order valence-corrected chi connectivity index (χ1v) is 8.70. The molecule has 1 aliphatic heterocycles. The number of carboxylic acid groups (broad SMARTS) is 1. The lowest BCUT2D eigenvalue weighted by atomic mass is 9.88. The molecule has 8 heteroatoms. The second-order valence-electron chi connectivity index (χ2n) is 8.07. The van der Waals surface area contributed by atoms with Crippen LogP contribution in [-0.2, 0) is 15.1 Å². The maximum Gasteiger partial charge on any atom is 0.326 e. The Balaban J connectivity index is 2.09. The van der Waals surface area contributed by atoms with Gasteiger partial charge in [0, 0.05) is 5.56 Å². The van der Waals surface area contributed by atoms with Crippen LogP contribution in [0.3, 0.4) is 0 Å². The van der Waals surface area contributed by atoms with Crippen molar-refractivity contribution in [2.24, 2.45) is 5.41 Å². The minimum atomic E-state index is -1.21. The number of imide groups is 1. The van der Waals surface area contributed by atoms with Crippen LogP contribution in [0.5, 0.6) is 0 Å². The van der Waals surface area contributed by atoms with Crippen LogP contribution in [0.2, 0.25) is 0 Å². The number of rotatable bonds is 6. The van der Waals surface area contributed by atoms with Crippen LogP contribution < -0.4 is 16.0 Å². The number of amides is 4. The van der Waals surface area contributed by atoms with Gasteiger partial charge in [0.2, 0.25) is 0 Å². The maximum atomic E-state index is 12.4. The van der Waals surface area contributed by atoms with Crippen LogP contribution in [0, 0.1) is 5.41 Å². The summed E-state index contributed by atoms with van der Waals surface area (Å²) in [6.07, 6.45) is 0.975. The van der Waals surface area contributed by atoms with Gasteiger partial charge in [0.15, 0.2) is 0 Å². The van der Waals surface area contributed by atoms with E-state index in [4.69, 9.17) is 0 Å². The summed E-state index contributed by atoms with van der Waals surface area (Å²) in [5, 5.41) is 16.6. The van der Waals surface area contributed by atoms with Crippen LogP contribution >= 0.6 is 0 Å². The molecule has 2 rings (SSSR count). The Morgan fingerprint density at radius 3 is 2.22 bits per heavy atom. The van der Waals surface area contributed by atoms with Gasteiger partial charge in [0.05, 0.1) is 0 Å². The molecule has 2 atom stereocenters. The van der Waals surface area contributed by atoms with Gasteiger partial charge in [-0.25, -0.2) is 9.59 Å². The Morgan fingerprint density at radius 1 is 1.19 bits per heavy atom. The number of hydrogen-bond acceptors (Lipinski definition) is 4. The molecular weight excluding hydrogens is 350 g/mol. The van der Waals surface area contributed by atoms with E-state index in [1.807, 2.05) is 20.8 Å². The lowest BCUT2D eigenvalue weighted by Gasteiger charge is -2.22. The van der Waals surface area contributed by atoms with E-state index in [2.05, 4.69) is 16.0 Å². The molecule has 27 heavy (non-hydrogen) atoms. The van der Waals surface area contributed by atoms with Crippen molar-refractivity contribution in [1.82, 2.24) is 16.0 Å². The molecule has 4 N–H and O–H groups in total. The first-order chi connectivity index (χ1) is 12.4. The van der Waals surface area contributed by atoms with Crippen LogP contribution in [0.15, 0.2) is 24.3 Å². The van der Waals surface area contributed by atoms with Gasteiger partial charge < -0.3 is 15.7 Å². The van der Waals surface area contributed by atoms with Gasteiger partial charge in [-0.2, -0.15) is 0 Å². The molecule has 1 aromatic carbocycles. The molecule has 1 saturated heterocycles. The van der Waals surface area contributed by atoms with Gasteiger partial charge in [-0.05, 0) is 42.9 Å². The Kier molecular flexibility index (Phi) is 5.58. The van der Waals surface area contributed by atoms with E-state index < -0.39 is 35.4 Å². The zero-order valence-corrected chi connectivity index (χ0v) is 15.9. The molecule has 4 amide bonds. The van der Waals surface area contributed by atoms with Crippen molar-refractivity contribution in [2.75, 3.05) is 0 Å². The summed E-state index contributed by atoms with van der Waals surface area (Å²) in [6, 6.07) is 4.56. The summed E-state index contributed by atoms with van der Waals surface area (Å²) in [4.78, 5) is 47.1. The maximum absolute atomic E-state index is 12.4. The molecule has 146 valence electrons. The van der Waals surface area contributed by atoms with Gasteiger partial charge in [-0.1, -0.05) is 32.9 Å². The zero-order valence-electron chi connectivity index (χ0n) is 15.9. The molecule has 0 aromatic heterocycles. The smallest absolute Gasteiger partial charge is 0.326 e. The number of carbonyl (C=O) groups excluding carboxylic acids is 3. The van der Waals surface area contributed by atoms with Crippen LogP contribution in [0.25, 0.3) is 0 Å². The highest BCUT2D eigenvalue weighted by atomic mass is 16.4. The van der Waals surface area contributed by atoms with E-state index in [0.29, 0.717) is 18.4 Å². The molecule has 1 aliphatic rings. The lowest BCUT2D eigenvalue weighted by molar-refractivity contribution is -0.139. The van der Waals surface area contributed by atoms with Crippen molar-refractivity contribution >= 4 is 23.8 Å². The highest BCUT2D eigenvalue weighted by Crippen LogP contribution is 2.25. The number of hydrogen-bond donors (Lipinski definition) is 4. The SMILES string of the molecule is CC(C)(C)CCC(NC(=O)c1ccc(C2(C)NC(=O)NC2=O)cc1)C(=O)O. The van der Waals surface area contributed by atoms with Crippen molar-refractivity contribution in [3.63, 3.8) is 0 Å². The van der Waals surface area contributed by atoms with E-state index in [-0.39, 0.29) is 11.0 Å². The van der Waals surface area contributed by atoms with E-state index >= 15 is 0 Å². The minimum Gasteiger partial charge on any atom is -0.480 e. The van der Waals surface area contributed by atoms with Crippen LogP contribution in [-0.4, -0.2) is 35.0 Å². The van der Waals surface area contributed by atoms with Crippen LogP contribution in [0.1, 0.15) is 56.5 Å². The van der Waals surface area contributed by atoms with Gasteiger partial charge in [0.25, 0.3) is 11.8 Å². The Bertz CT molecular complexity index is 767. The number of urea groups is 1. The molecule has 0 saturated carbocycles. The minimum absolute atomic E-state index is 0.0399. The van der Waals surface area contributed by atoms with Crippen molar-refractivity contribution in [3.8, 4) is 0 Å². The Labute approximate surface area is 157 Å². The predicted molar refractivity (Wildman–Crippen MR) is 98.0 cm³/mol. The van der Waals surface area contributed by atoms with Gasteiger partial charge >= 0.3 is 12.0 Å². The molecule has 2 unspecified atom stereocenters. The second kappa shape index (κ2) is 7.38. The Morgan fingerprint density at radius 2 is 1.78 bits per heavy atom. The normalized spacial score (nSPS) is 20.6. The summed E-state index contributed by atoms with van der Waals surface area (Å²) in [5.41, 5.74) is -0.455. The summed E-state index contributed by atoms with van der Waals surface area (Å²) < 4.78 is 0. The van der Waals surface area contributed by atoms with Gasteiger partial charge in [-0.3, -0.25) is 14.9 Å². The molecule has 0 aliphatic carbocycles. The zero-order chi connectivity index (χ0) is 20.4. The summed E-state index contributed by atoms with van der Waals surface area (Å²) in [6.45, 7) is 7.58. The average Bonchev–Trinajstić information content (AvgIpc) is 2.83. The Hall–Kier alpha value is -2.90. The molecule has 0 spiro atoms. The monoisotopic (exact) mass is 375 g/mol. The predicted octanol–water partition coefficient (Wildman–Crippen LogP) is 1.75. The third-order valence-electron chi connectivity index (χ3n) is 4.56. The highest BCUT2D eigenvalue weighted by Gasteiger charge is 2.43.